The molecule has 0 bridgehead atoms. The lowest BCUT2D eigenvalue weighted by atomic mass is 9.91. The quantitative estimate of drug-likeness (QED) is 0.924. The van der Waals surface area contributed by atoms with Gasteiger partial charge in [-0.3, -0.25) is 9.89 Å². The first-order valence-electron chi connectivity index (χ1n) is 9.01. The Labute approximate surface area is 149 Å². The van der Waals surface area contributed by atoms with E-state index < -0.39 is 0 Å². The van der Waals surface area contributed by atoms with Gasteiger partial charge in [0, 0.05) is 30.3 Å². The maximum atomic E-state index is 13.0. The molecule has 25 heavy (non-hydrogen) atoms. The number of piperidine rings is 1. The Morgan fingerprint density at radius 1 is 1.36 bits per heavy atom. The molecular formula is C20H27N3O2. The topological polar surface area (TPSA) is 58.2 Å². The monoisotopic (exact) mass is 341 g/mol. The number of benzene rings is 1. The molecule has 0 saturated carbocycles. The van der Waals surface area contributed by atoms with Crippen molar-refractivity contribution in [3.63, 3.8) is 0 Å². The number of carbonyl (C=O) groups excluding carboxylic acids is 1. The SMILES string of the molecule is CCc1cn[nH]c1C1CCCN(C(=O)c2cc(C)c(OC)c(C)c2)C1. The lowest BCUT2D eigenvalue weighted by Gasteiger charge is -2.33. The zero-order chi connectivity index (χ0) is 18.0. The number of aromatic nitrogens is 2. The maximum Gasteiger partial charge on any atom is 0.253 e. The first-order chi connectivity index (χ1) is 12.0. The first kappa shape index (κ1) is 17.5. The van der Waals surface area contributed by atoms with E-state index in [-0.39, 0.29) is 5.91 Å². The van der Waals surface area contributed by atoms with Gasteiger partial charge in [0.05, 0.1) is 13.3 Å². The fourth-order valence-corrected chi connectivity index (χ4v) is 3.93. The van der Waals surface area contributed by atoms with Crippen LogP contribution in [0.15, 0.2) is 18.3 Å². The number of hydrogen-bond donors (Lipinski definition) is 1. The fraction of sp³-hybridized carbons (Fsp3) is 0.500. The van der Waals surface area contributed by atoms with Crippen LogP contribution in [-0.4, -0.2) is 41.2 Å². The molecule has 1 saturated heterocycles. The number of likely N-dealkylation sites (tertiary alicyclic amines) is 1. The molecule has 1 aromatic heterocycles. The molecule has 0 aliphatic carbocycles. The van der Waals surface area contributed by atoms with E-state index in [1.807, 2.05) is 37.1 Å². The number of rotatable bonds is 4. The van der Waals surface area contributed by atoms with Crippen molar-refractivity contribution in [2.75, 3.05) is 20.2 Å². The third-order valence-electron chi connectivity index (χ3n) is 5.16. The van der Waals surface area contributed by atoms with Crippen molar-refractivity contribution in [3.8, 4) is 5.75 Å². The van der Waals surface area contributed by atoms with Gasteiger partial charge < -0.3 is 9.64 Å². The van der Waals surface area contributed by atoms with E-state index in [9.17, 15) is 4.79 Å². The van der Waals surface area contributed by atoms with Crippen molar-refractivity contribution in [2.45, 2.75) is 46.0 Å². The van der Waals surface area contributed by atoms with Crippen LogP contribution in [0, 0.1) is 13.8 Å². The number of hydrogen-bond acceptors (Lipinski definition) is 3. The minimum atomic E-state index is 0.108. The Balaban J connectivity index is 1.81. The normalized spacial score (nSPS) is 17.6. The average molecular weight is 341 g/mol. The summed E-state index contributed by atoms with van der Waals surface area (Å²) in [7, 11) is 1.67. The van der Waals surface area contributed by atoms with Crippen molar-refractivity contribution in [1.82, 2.24) is 15.1 Å². The molecule has 1 aromatic carbocycles. The van der Waals surface area contributed by atoms with E-state index in [2.05, 4.69) is 17.1 Å². The number of nitrogens with zero attached hydrogens (tertiary/aromatic N) is 2. The molecule has 134 valence electrons. The van der Waals surface area contributed by atoms with E-state index in [0.29, 0.717) is 5.92 Å². The van der Waals surface area contributed by atoms with Crippen LogP contribution in [0.3, 0.4) is 0 Å². The van der Waals surface area contributed by atoms with Gasteiger partial charge in [-0.2, -0.15) is 5.10 Å². The van der Waals surface area contributed by atoms with Crippen LogP contribution in [-0.2, 0) is 6.42 Å². The molecule has 0 radical (unpaired) electrons. The largest absolute Gasteiger partial charge is 0.496 e. The van der Waals surface area contributed by atoms with Gasteiger partial charge in [-0.05, 0) is 61.9 Å². The molecule has 2 heterocycles. The molecule has 0 spiro atoms. The Morgan fingerprint density at radius 3 is 2.72 bits per heavy atom. The van der Waals surface area contributed by atoms with Crippen LogP contribution >= 0.6 is 0 Å². The van der Waals surface area contributed by atoms with E-state index in [4.69, 9.17) is 4.74 Å². The molecule has 1 fully saturated rings. The summed E-state index contributed by atoms with van der Waals surface area (Å²) < 4.78 is 5.41. The second-order valence-corrected chi connectivity index (χ2v) is 6.90. The van der Waals surface area contributed by atoms with Gasteiger partial charge in [-0.1, -0.05) is 6.92 Å². The van der Waals surface area contributed by atoms with E-state index in [1.54, 1.807) is 7.11 Å². The summed E-state index contributed by atoms with van der Waals surface area (Å²) in [4.78, 5) is 15.0. The van der Waals surface area contributed by atoms with Crippen molar-refractivity contribution in [2.24, 2.45) is 0 Å². The predicted octanol–water partition coefficient (Wildman–Crippen LogP) is 3.62. The van der Waals surface area contributed by atoms with E-state index >= 15 is 0 Å². The molecule has 1 amide bonds. The van der Waals surface area contributed by atoms with Gasteiger partial charge in [0.2, 0.25) is 0 Å². The van der Waals surface area contributed by atoms with Gasteiger partial charge in [-0.15, -0.1) is 0 Å². The molecule has 2 aromatic rings. The summed E-state index contributed by atoms with van der Waals surface area (Å²) in [6.07, 6.45) is 4.99. The molecule has 1 N–H and O–H groups in total. The van der Waals surface area contributed by atoms with Crippen molar-refractivity contribution < 1.29 is 9.53 Å². The van der Waals surface area contributed by atoms with E-state index in [0.717, 1.165) is 54.8 Å². The lowest BCUT2D eigenvalue weighted by molar-refractivity contribution is 0.0705. The number of methoxy groups -OCH3 is 1. The summed E-state index contributed by atoms with van der Waals surface area (Å²) in [6.45, 7) is 7.68. The van der Waals surface area contributed by atoms with Crippen LogP contribution in [0.2, 0.25) is 0 Å². The molecule has 5 heteroatoms. The standard InChI is InChI=1S/C20H27N3O2/c1-5-15-11-21-22-18(15)16-7-6-8-23(12-16)20(24)17-9-13(2)19(25-4)14(3)10-17/h9-11,16H,5-8,12H2,1-4H3,(H,21,22). The number of aromatic amines is 1. The van der Waals surface area contributed by atoms with Crippen LogP contribution in [0.1, 0.15) is 58.4 Å². The molecule has 1 atom stereocenters. The van der Waals surface area contributed by atoms with Crippen LogP contribution in [0.5, 0.6) is 5.75 Å². The van der Waals surface area contributed by atoms with Gasteiger partial charge in [-0.25, -0.2) is 0 Å². The minimum Gasteiger partial charge on any atom is -0.496 e. The highest BCUT2D eigenvalue weighted by molar-refractivity contribution is 5.95. The fourth-order valence-electron chi connectivity index (χ4n) is 3.93. The molecule has 1 aliphatic heterocycles. The molecule has 5 nitrogen and oxygen atoms in total. The van der Waals surface area contributed by atoms with Crippen LogP contribution in [0.4, 0.5) is 0 Å². The summed E-state index contributed by atoms with van der Waals surface area (Å²) in [6, 6.07) is 3.87. The maximum absolute atomic E-state index is 13.0. The number of carbonyl (C=O) groups is 1. The van der Waals surface area contributed by atoms with Gasteiger partial charge in [0.25, 0.3) is 5.91 Å². The third kappa shape index (κ3) is 3.41. The Bertz CT molecular complexity index is 743. The zero-order valence-corrected chi connectivity index (χ0v) is 15.6. The molecule has 1 unspecified atom stereocenters. The number of ether oxygens (including phenoxy) is 1. The smallest absolute Gasteiger partial charge is 0.253 e. The Morgan fingerprint density at radius 2 is 2.08 bits per heavy atom. The van der Waals surface area contributed by atoms with Crippen molar-refractivity contribution in [3.05, 3.63) is 46.3 Å². The van der Waals surface area contributed by atoms with Gasteiger partial charge >= 0.3 is 0 Å². The highest BCUT2D eigenvalue weighted by atomic mass is 16.5. The number of amides is 1. The van der Waals surface area contributed by atoms with Gasteiger partial charge in [0.1, 0.15) is 5.75 Å². The van der Waals surface area contributed by atoms with Crippen molar-refractivity contribution in [1.29, 1.82) is 0 Å². The highest BCUT2D eigenvalue weighted by Crippen LogP contribution is 2.30. The lowest BCUT2D eigenvalue weighted by Crippen LogP contribution is -2.39. The number of nitrogens with one attached hydrogen (secondary N) is 1. The summed E-state index contributed by atoms with van der Waals surface area (Å²) in [5.74, 6) is 1.31. The first-order valence-corrected chi connectivity index (χ1v) is 9.01. The summed E-state index contributed by atoms with van der Waals surface area (Å²) >= 11 is 0. The number of H-pyrrole nitrogens is 1. The molecule has 3 rings (SSSR count). The summed E-state index contributed by atoms with van der Waals surface area (Å²) in [5, 5.41) is 7.35. The second-order valence-electron chi connectivity index (χ2n) is 6.90. The van der Waals surface area contributed by atoms with Gasteiger partial charge in [0.15, 0.2) is 0 Å². The summed E-state index contributed by atoms with van der Waals surface area (Å²) in [5.41, 5.74) is 5.21. The zero-order valence-electron chi connectivity index (χ0n) is 15.6. The van der Waals surface area contributed by atoms with Crippen LogP contribution < -0.4 is 4.74 Å². The Kier molecular flexibility index (Phi) is 5.11. The Hall–Kier alpha value is -2.30. The molecular weight excluding hydrogens is 314 g/mol. The average Bonchev–Trinajstić information content (AvgIpc) is 3.09. The predicted molar refractivity (Wildman–Crippen MR) is 98.3 cm³/mol. The van der Waals surface area contributed by atoms with Crippen LogP contribution in [0.25, 0.3) is 0 Å². The second kappa shape index (κ2) is 7.30. The van der Waals surface area contributed by atoms with Crippen molar-refractivity contribution >= 4 is 5.91 Å². The molecule has 1 aliphatic rings. The third-order valence-corrected chi connectivity index (χ3v) is 5.16. The van der Waals surface area contributed by atoms with E-state index in [1.165, 1.54) is 11.3 Å². The highest BCUT2D eigenvalue weighted by Gasteiger charge is 2.28. The number of aryl methyl sites for hydroxylation is 3. The minimum absolute atomic E-state index is 0.108.